The standard InChI is InChI=1S/C18H32N4O2.HI/c1-19-17(21-14-18(8-6-9-18)10-12-23-4)20-13-15(22(2)3)16-7-5-11-24-16;/h5,7,11,15H,6,8-10,12-14H2,1-4H3,(H2,19,20,21);1H. The van der Waals surface area contributed by atoms with Gasteiger partial charge in [-0.3, -0.25) is 9.89 Å². The van der Waals surface area contributed by atoms with Crippen molar-refractivity contribution < 1.29 is 9.15 Å². The zero-order valence-electron chi connectivity index (χ0n) is 15.9. The van der Waals surface area contributed by atoms with Gasteiger partial charge in [-0.15, -0.1) is 24.0 Å². The number of aliphatic imine (C=N–C) groups is 1. The molecular formula is C18H33IN4O2. The molecule has 7 heteroatoms. The lowest BCUT2D eigenvalue weighted by molar-refractivity contribution is 0.0732. The first-order chi connectivity index (χ1) is 11.6. The van der Waals surface area contributed by atoms with E-state index in [0.717, 1.165) is 37.8 Å². The number of hydrogen-bond donors (Lipinski definition) is 2. The Kier molecular flexibility index (Phi) is 9.81. The van der Waals surface area contributed by atoms with Gasteiger partial charge >= 0.3 is 0 Å². The number of halogens is 1. The Morgan fingerprint density at radius 3 is 2.64 bits per heavy atom. The molecule has 1 aliphatic rings. The van der Waals surface area contributed by atoms with Crippen LogP contribution in [-0.2, 0) is 4.74 Å². The second-order valence-corrected chi connectivity index (χ2v) is 6.90. The third-order valence-electron chi connectivity index (χ3n) is 5.06. The Bertz CT molecular complexity index is 501. The van der Waals surface area contributed by atoms with Crippen LogP contribution < -0.4 is 10.6 Å². The fourth-order valence-corrected chi connectivity index (χ4v) is 3.21. The molecule has 1 heterocycles. The zero-order valence-corrected chi connectivity index (χ0v) is 18.2. The van der Waals surface area contributed by atoms with Crippen molar-refractivity contribution in [2.24, 2.45) is 10.4 Å². The van der Waals surface area contributed by atoms with Crippen LogP contribution in [0.25, 0.3) is 0 Å². The summed E-state index contributed by atoms with van der Waals surface area (Å²) in [5, 5.41) is 6.92. The SMILES string of the molecule is CN=C(NCC(c1ccco1)N(C)C)NCC1(CCOC)CCC1.I. The van der Waals surface area contributed by atoms with Gasteiger partial charge < -0.3 is 19.8 Å². The molecule has 0 aromatic carbocycles. The molecule has 25 heavy (non-hydrogen) atoms. The largest absolute Gasteiger partial charge is 0.468 e. The van der Waals surface area contributed by atoms with E-state index in [1.807, 2.05) is 19.2 Å². The van der Waals surface area contributed by atoms with E-state index in [9.17, 15) is 0 Å². The van der Waals surface area contributed by atoms with Gasteiger partial charge in [0.05, 0.1) is 12.3 Å². The number of hydrogen-bond acceptors (Lipinski definition) is 4. The van der Waals surface area contributed by atoms with Crippen LogP contribution in [0, 0.1) is 5.41 Å². The number of furan rings is 1. The van der Waals surface area contributed by atoms with Gasteiger partial charge in [-0.2, -0.15) is 0 Å². The summed E-state index contributed by atoms with van der Waals surface area (Å²) in [5.74, 6) is 1.80. The first-order valence-electron chi connectivity index (χ1n) is 8.73. The molecule has 1 unspecified atom stereocenters. The van der Waals surface area contributed by atoms with Gasteiger partial charge in [0.1, 0.15) is 5.76 Å². The van der Waals surface area contributed by atoms with Gasteiger partial charge in [0.25, 0.3) is 0 Å². The average molecular weight is 464 g/mol. The summed E-state index contributed by atoms with van der Waals surface area (Å²) in [6.07, 6.45) is 6.69. The monoisotopic (exact) mass is 464 g/mol. The van der Waals surface area contributed by atoms with E-state index in [-0.39, 0.29) is 30.0 Å². The van der Waals surface area contributed by atoms with Crippen LogP contribution in [0.5, 0.6) is 0 Å². The van der Waals surface area contributed by atoms with Crippen LogP contribution in [0.2, 0.25) is 0 Å². The minimum atomic E-state index is 0. The third-order valence-corrected chi connectivity index (χ3v) is 5.06. The lowest BCUT2D eigenvalue weighted by atomic mass is 9.67. The molecule has 1 aromatic heterocycles. The topological polar surface area (TPSA) is 62.0 Å². The van der Waals surface area contributed by atoms with Crippen molar-refractivity contribution >= 4 is 29.9 Å². The van der Waals surface area contributed by atoms with Crippen LogP contribution in [0.15, 0.2) is 27.8 Å². The molecular weight excluding hydrogens is 431 g/mol. The van der Waals surface area contributed by atoms with Crippen LogP contribution in [0.4, 0.5) is 0 Å². The predicted octanol–water partition coefficient (Wildman–Crippen LogP) is 2.87. The highest BCUT2D eigenvalue weighted by Gasteiger charge is 2.36. The molecule has 1 saturated carbocycles. The van der Waals surface area contributed by atoms with Gasteiger partial charge in [-0.1, -0.05) is 6.42 Å². The molecule has 1 fully saturated rings. The molecule has 1 aliphatic carbocycles. The minimum Gasteiger partial charge on any atom is -0.468 e. The Hall–Kier alpha value is -0.800. The second kappa shape index (κ2) is 11.0. The zero-order chi connectivity index (χ0) is 17.4. The fourth-order valence-electron chi connectivity index (χ4n) is 3.21. The Balaban J connectivity index is 0.00000312. The first-order valence-corrected chi connectivity index (χ1v) is 8.73. The molecule has 6 nitrogen and oxygen atoms in total. The molecule has 0 saturated heterocycles. The van der Waals surface area contributed by atoms with Gasteiger partial charge in [0.2, 0.25) is 0 Å². The Morgan fingerprint density at radius 2 is 2.16 bits per heavy atom. The summed E-state index contributed by atoms with van der Waals surface area (Å²) < 4.78 is 10.8. The summed E-state index contributed by atoms with van der Waals surface area (Å²) in [6, 6.07) is 4.11. The van der Waals surface area contributed by atoms with Crippen molar-refractivity contribution in [3.05, 3.63) is 24.2 Å². The van der Waals surface area contributed by atoms with E-state index in [0.29, 0.717) is 5.41 Å². The fraction of sp³-hybridized carbons (Fsp3) is 0.722. The molecule has 0 amide bonds. The highest BCUT2D eigenvalue weighted by atomic mass is 127. The number of methoxy groups -OCH3 is 1. The number of ether oxygens (including phenoxy) is 1. The quantitative estimate of drug-likeness (QED) is 0.335. The summed E-state index contributed by atoms with van der Waals surface area (Å²) in [5.41, 5.74) is 0.371. The maximum absolute atomic E-state index is 5.55. The maximum Gasteiger partial charge on any atom is 0.191 e. The van der Waals surface area contributed by atoms with E-state index in [1.54, 1.807) is 13.4 Å². The van der Waals surface area contributed by atoms with Gasteiger partial charge in [-0.25, -0.2) is 0 Å². The van der Waals surface area contributed by atoms with Gasteiger partial charge in [-0.05, 0) is 50.9 Å². The predicted molar refractivity (Wildman–Crippen MR) is 113 cm³/mol. The number of likely N-dealkylation sites (N-methyl/N-ethyl adjacent to an activating group) is 1. The number of guanidine groups is 1. The summed E-state index contributed by atoms with van der Waals surface area (Å²) >= 11 is 0. The van der Waals surface area contributed by atoms with Crippen LogP contribution in [0.3, 0.4) is 0 Å². The third kappa shape index (κ3) is 6.45. The molecule has 144 valence electrons. The summed E-state index contributed by atoms with van der Waals surface area (Å²) in [4.78, 5) is 6.50. The van der Waals surface area contributed by atoms with Crippen LogP contribution in [-0.4, -0.2) is 58.8 Å². The normalized spacial score (nSPS) is 17.6. The summed E-state index contributed by atoms with van der Waals surface area (Å²) in [6.45, 7) is 2.52. The minimum absolute atomic E-state index is 0. The van der Waals surface area contributed by atoms with E-state index in [4.69, 9.17) is 9.15 Å². The number of nitrogens with one attached hydrogen (secondary N) is 2. The van der Waals surface area contributed by atoms with Gasteiger partial charge in [0.15, 0.2) is 5.96 Å². The van der Waals surface area contributed by atoms with Crippen LogP contribution in [0.1, 0.15) is 37.5 Å². The van der Waals surface area contributed by atoms with Crippen molar-refractivity contribution in [3.8, 4) is 0 Å². The van der Waals surface area contributed by atoms with Gasteiger partial charge in [0, 0.05) is 33.9 Å². The van der Waals surface area contributed by atoms with E-state index in [2.05, 4.69) is 34.6 Å². The molecule has 2 N–H and O–H groups in total. The number of nitrogens with zero attached hydrogens (tertiary/aromatic N) is 2. The molecule has 0 radical (unpaired) electrons. The molecule has 0 aliphatic heterocycles. The van der Waals surface area contributed by atoms with Crippen molar-refractivity contribution in [3.63, 3.8) is 0 Å². The van der Waals surface area contributed by atoms with Crippen molar-refractivity contribution in [1.82, 2.24) is 15.5 Å². The molecule has 0 bridgehead atoms. The highest BCUT2D eigenvalue weighted by molar-refractivity contribution is 14.0. The van der Waals surface area contributed by atoms with Crippen LogP contribution >= 0.6 is 24.0 Å². The van der Waals surface area contributed by atoms with E-state index >= 15 is 0 Å². The maximum atomic E-state index is 5.55. The lowest BCUT2D eigenvalue weighted by Crippen LogP contribution is -2.48. The Morgan fingerprint density at radius 1 is 1.40 bits per heavy atom. The van der Waals surface area contributed by atoms with E-state index < -0.39 is 0 Å². The average Bonchev–Trinajstić information content (AvgIpc) is 3.05. The molecule has 1 aromatic rings. The number of rotatable bonds is 9. The van der Waals surface area contributed by atoms with Crippen molar-refractivity contribution in [2.75, 3.05) is 47.9 Å². The Labute approximate surface area is 168 Å². The highest BCUT2D eigenvalue weighted by Crippen LogP contribution is 2.43. The molecule has 2 rings (SSSR count). The summed E-state index contributed by atoms with van der Waals surface area (Å²) in [7, 11) is 7.70. The lowest BCUT2D eigenvalue weighted by Gasteiger charge is -2.42. The van der Waals surface area contributed by atoms with Crippen molar-refractivity contribution in [2.45, 2.75) is 31.7 Å². The van der Waals surface area contributed by atoms with E-state index in [1.165, 1.54) is 19.3 Å². The second-order valence-electron chi connectivity index (χ2n) is 6.90. The van der Waals surface area contributed by atoms with Crippen molar-refractivity contribution in [1.29, 1.82) is 0 Å². The first kappa shape index (κ1) is 22.2. The molecule has 1 atom stereocenters. The smallest absolute Gasteiger partial charge is 0.191 e. The molecule has 0 spiro atoms.